The van der Waals surface area contributed by atoms with Crippen molar-refractivity contribution in [3.05, 3.63) is 0 Å². The smallest absolute Gasteiger partial charge is 0 e. The van der Waals surface area contributed by atoms with Gasteiger partial charge in [-0.15, -0.1) is 0 Å². The van der Waals surface area contributed by atoms with Crippen LogP contribution in [0.1, 0.15) is 0 Å². The second-order valence-corrected chi connectivity index (χ2v) is 0. The Morgan fingerprint density at radius 1 is 1.25 bits per heavy atom. The van der Waals surface area contributed by atoms with Crippen molar-refractivity contribution in [2.24, 2.45) is 0 Å². The molecule has 0 saturated heterocycles. The Labute approximate surface area is 83.1 Å². The van der Waals surface area contributed by atoms with Crippen LogP contribution in [0.5, 0.6) is 0 Å². The molecule has 4 heteroatoms. The largest absolute Gasteiger partial charge is 0 e. The Bertz CT molecular complexity index is 8.00. The summed E-state index contributed by atoms with van der Waals surface area (Å²) < 4.78 is 8.34. The van der Waals surface area contributed by atoms with Crippen LogP contribution in [0.4, 0.5) is 0 Å². The van der Waals surface area contributed by atoms with Crippen molar-refractivity contribution in [2.45, 2.75) is 0 Å². The van der Waals surface area contributed by atoms with Gasteiger partial charge in [-0.2, -0.15) is 0 Å². The normalized spacial score (nSPS) is 0.750. The molecular weight excluding hydrogens is 294 g/mol. The molecule has 1 nitrogen and oxygen atoms in total. The molecule has 17 valence electrons. The molecule has 0 aromatic carbocycles. The van der Waals surface area contributed by atoms with Gasteiger partial charge < -0.3 is 0 Å². The van der Waals surface area contributed by atoms with Gasteiger partial charge in [-0.25, -0.2) is 0 Å². The Morgan fingerprint density at radius 2 is 1.25 bits per heavy atom. The number of hydrogen-bond donors (Lipinski definition) is 0. The maximum Gasteiger partial charge on any atom is 0 e. The molecule has 0 amide bonds. The molecule has 0 aliphatic carbocycles. The fourth-order valence-electron chi connectivity index (χ4n) is 0. The van der Waals surface area contributed by atoms with Gasteiger partial charge in [0, 0.05) is 57.3 Å². The van der Waals surface area contributed by atoms with E-state index in [1.807, 2.05) is 0 Å². The molecular formula is LaOTiZr. The van der Waals surface area contributed by atoms with Crippen molar-refractivity contribution in [2.75, 3.05) is 0 Å². The maximum absolute atomic E-state index is 8.34. The van der Waals surface area contributed by atoms with E-state index in [9.17, 15) is 0 Å². The molecule has 0 aliphatic heterocycles. The third-order valence-corrected chi connectivity index (χ3v) is 0. The summed E-state index contributed by atoms with van der Waals surface area (Å²) in [6.45, 7) is 0. The zero-order chi connectivity index (χ0) is 2.00. The summed E-state index contributed by atoms with van der Waals surface area (Å²) in [7, 11) is 0. The Kier molecular flexibility index (Phi) is 70.1. The van der Waals surface area contributed by atoms with E-state index in [1.165, 1.54) is 0 Å². The van der Waals surface area contributed by atoms with Crippen LogP contribution in [0.3, 0.4) is 0 Å². The van der Waals surface area contributed by atoms with Crippen LogP contribution in [0.2, 0.25) is 0 Å². The molecule has 0 spiro atoms. The number of rotatable bonds is 0. The van der Waals surface area contributed by atoms with Crippen molar-refractivity contribution in [3.63, 3.8) is 0 Å². The molecule has 4 heavy (non-hydrogen) atoms. The van der Waals surface area contributed by atoms with Gasteiger partial charge in [0.05, 0.1) is 0 Å². The van der Waals surface area contributed by atoms with E-state index in [-0.39, 0.29) is 57.3 Å². The SMILES string of the molecule is [La].[O]=[Zr].[Ti]. The van der Waals surface area contributed by atoms with E-state index in [1.54, 1.807) is 0 Å². The van der Waals surface area contributed by atoms with Crippen LogP contribution in [0.15, 0.2) is 0 Å². The van der Waals surface area contributed by atoms with E-state index < -0.39 is 0 Å². The summed E-state index contributed by atoms with van der Waals surface area (Å²) in [6.07, 6.45) is 0. The summed E-state index contributed by atoms with van der Waals surface area (Å²) >= 11 is 0.300. The first-order chi connectivity index (χ1) is 1.00. The minimum atomic E-state index is 0. The third-order valence-electron chi connectivity index (χ3n) is 0. The molecule has 1 radical (unpaired) electrons. The van der Waals surface area contributed by atoms with Crippen LogP contribution in [-0.2, 0) is 49.3 Å². The van der Waals surface area contributed by atoms with Crippen LogP contribution in [0.25, 0.3) is 0 Å². The molecule has 0 atom stereocenters. The van der Waals surface area contributed by atoms with Crippen molar-refractivity contribution in [1.29, 1.82) is 0 Å². The van der Waals surface area contributed by atoms with Gasteiger partial charge >= 0.3 is 27.5 Å². The van der Waals surface area contributed by atoms with E-state index in [0.717, 1.165) is 0 Å². The first-order valence-electron chi connectivity index (χ1n) is 0.204. The molecule has 0 bridgehead atoms. The topological polar surface area (TPSA) is 17.1 Å². The van der Waals surface area contributed by atoms with Crippen LogP contribution in [-0.4, -0.2) is 0 Å². The molecule has 0 saturated carbocycles. The zero-order valence-electron chi connectivity index (χ0n) is 1.99. The van der Waals surface area contributed by atoms with Gasteiger partial charge in [0.2, 0.25) is 0 Å². The van der Waals surface area contributed by atoms with Crippen LogP contribution in [0, 0.1) is 35.6 Å². The molecule has 0 unspecified atom stereocenters. The summed E-state index contributed by atoms with van der Waals surface area (Å²) in [5, 5.41) is 0. The van der Waals surface area contributed by atoms with Crippen LogP contribution >= 0.6 is 0 Å². The molecule has 0 rings (SSSR count). The second-order valence-electron chi connectivity index (χ2n) is 0. The van der Waals surface area contributed by atoms with Crippen molar-refractivity contribution in [1.82, 2.24) is 0 Å². The van der Waals surface area contributed by atoms with Crippen molar-refractivity contribution >= 4 is 0 Å². The monoisotopic (exact) mass is 293 g/mol. The average molecular weight is 294 g/mol. The quantitative estimate of drug-likeness (QED) is 0.569. The fraction of sp³-hybridized carbons (Fsp3) is 0. The van der Waals surface area contributed by atoms with Gasteiger partial charge in [-0.3, -0.25) is 0 Å². The fourth-order valence-corrected chi connectivity index (χ4v) is 0. The first-order valence-corrected chi connectivity index (χ1v) is 1.21. The summed E-state index contributed by atoms with van der Waals surface area (Å²) in [5.41, 5.74) is 0. The Morgan fingerprint density at radius 3 is 1.25 bits per heavy atom. The summed E-state index contributed by atoms with van der Waals surface area (Å²) in [6, 6.07) is 0. The van der Waals surface area contributed by atoms with Crippen molar-refractivity contribution < 1.29 is 84.9 Å². The van der Waals surface area contributed by atoms with E-state index in [4.69, 9.17) is 2.81 Å². The molecule has 0 fully saturated rings. The van der Waals surface area contributed by atoms with E-state index >= 15 is 0 Å². The third kappa shape index (κ3) is 8.82. The molecule has 0 aliphatic rings. The van der Waals surface area contributed by atoms with Gasteiger partial charge in [0.25, 0.3) is 0 Å². The van der Waals surface area contributed by atoms with Crippen molar-refractivity contribution in [3.8, 4) is 0 Å². The minimum Gasteiger partial charge on any atom is 0 e. The molecule has 0 heterocycles. The van der Waals surface area contributed by atoms with Gasteiger partial charge in [0.15, 0.2) is 0 Å². The standard InChI is InChI=1S/La.O.Ti.Zr. The van der Waals surface area contributed by atoms with E-state index in [0.29, 0.717) is 24.7 Å². The minimum absolute atomic E-state index is 0. The Balaban J connectivity index is -0.00000000500. The van der Waals surface area contributed by atoms with E-state index in [2.05, 4.69) is 0 Å². The van der Waals surface area contributed by atoms with Gasteiger partial charge in [0.1, 0.15) is 0 Å². The summed E-state index contributed by atoms with van der Waals surface area (Å²) in [5.74, 6) is 0. The maximum atomic E-state index is 8.34. The molecule has 0 aromatic rings. The van der Waals surface area contributed by atoms with Crippen LogP contribution < -0.4 is 0 Å². The van der Waals surface area contributed by atoms with Gasteiger partial charge in [-0.05, 0) is 0 Å². The molecule has 0 aromatic heterocycles. The number of hydrogen-bond acceptors (Lipinski definition) is 1. The first kappa shape index (κ1) is 16.0. The second kappa shape index (κ2) is 17.6. The Hall–Kier alpha value is 2.59. The summed E-state index contributed by atoms with van der Waals surface area (Å²) in [4.78, 5) is 0. The average Bonchev–Trinajstić information content (AvgIpc) is 1.00. The predicted octanol–water partition coefficient (Wildman–Crippen LogP) is -0.124. The van der Waals surface area contributed by atoms with Gasteiger partial charge in [-0.1, -0.05) is 0 Å². The predicted molar refractivity (Wildman–Crippen MR) is 0.686 cm³/mol. The molecule has 0 N–H and O–H groups in total. The zero-order valence-corrected chi connectivity index (χ0v) is 9.63.